The van der Waals surface area contributed by atoms with E-state index in [-0.39, 0.29) is 36.5 Å². The quantitative estimate of drug-likeness (QED) is 0.0672. The number of rotatable bonds is 13. The molecule has 11 nitrogen and oxygen atoms in total. The number of carboxylic acid groups (broad SMARTS) is 1. The summed E-state index contributed by atoms with van der Waals surface area (Å²) < 4.78 is 10.9. The largest absolute Gasteiger partial charge is 0.507 e. The lowest BCUT2D eigenvalue weighted by molar-refractivity contribution is -0.757. The molecular formula is C28H35NO10. The summed E-state index contributed by atoms with van der Waals surface area (Å²) in [7, 11) is 0. The minimum atomic E-state index is -1.33. The van der Waals surface area contributed by atoms with Crippen LogP contribution in [0.5, 0.6) is 11.5 Å². The van der Waals surface area contributed by atoms with Crippen LogP contribution in [0.3, 0.4) is 0 Å². The third-order valence-electron chi connectivity index (χ3n) is 6.61. The molecule has 1 aromatic rings. The van der Waals surface area contributed by atoms with Crippen molar-refractivity contribution in [1.82, 2.24) is 0 Å². The van der Waals surface area contributed by atoms with Crippen LogP contribution in [0.25, 0.3) is 0 Å². The maximum absolute atomic E-state index is 13.0. The molecule has 0 aliphatic heterocycles. The van der Waals surface area contributed by atoms with Gasteiger partial charge in [-0.3, -0.25) is 4.79 Å². The molecule has 39 heavy (non-hydrogen) atoms. The Morgan fingerprint density at radius 2 is 1.87 bits per heavy atom. The first-order valence-electron chi connectivity index (χ1n) is 12.5. The van der Waals surface area contributed by atoms with Gasteiger partial charge in [-0.2, -0.15) is 0 Å². The van der Waals surface area contributed by atoms with Crippen molar-refractivity contribution in [3.05, 3.63) is 69.3 Å². The van der Waals surface area contributed by atoms with Gasteiger partial charge in [0.1, 0.15) is 11.5 Å². The Labute approximate surface area is 226 Å². The van der Waals surface area contributed by atoms with Gasteiger partial charge in [-0.05, 0) is 77.0 Å². The molecule has 1 aliphatic carbocycles. The highest BCUT2D eigenvalue weighted by molar-refractivity contribution is 5.92. The Morgan fingerprint density at radius 3 is 2.49 bits per heavy atom. The Morgan fingerprint density at radius 1 is 1.21 bits per heavy atom. The molecule has 0 spiro atoms. The fraction of sp³-hybridized carbons (Fsp3) is 0.464. The van der Waals surface area contributed by atoms with E-state index < -0.39 is 28.4 Å². The summed E-state index contributed by atoms with van der Waals surface area (Å²) in [5.74, 6) is -3.53. The number of hydrogen-bond donors (Lipinski definition) is 2. The number of ether oxygens (including phenoxy) is 2. The first kappa shape index (κ1) is 31.1. The van der Waals surface area contributed by atoms with Gasteiger partial charge in [-0.25, -0.2) is 9.59 Å². The lowest BCUT2D eigenvalue weighted by atomic mass is 9.73. The van der Waals surface area contributed by atoms with Crippen molar-refractivity contribution in [2.24, 2.45) is 5.92 Å². The molecular weight excluding hydrogens is 510 g/mol. The molecule has 0 saturated carbocycles. The zero-order valence-corrected chi connectivity index (χ0v) is 22.6. The maximum atomic E-state index is 13.0. The van der Waals surface area contributed by atoms with E-state index in [0.717, 1.165) is 30.1 Å². The average molecular weight is 546 g/mol. The highest BCUT2D eigenvalue weighted by atomic mass is 16.9. The third-order valence-corrected chi connectivity index (χ3v) is 6.61. The number of phenols is 1. The average Bonchev–Trinajstić information content (AvgIpc) is 2.84. The topological polar surface area (TPSA) is 162 Å². The van der Waals surface area contributed by atoms with E-state index in [0.29, 0.717) is 30.0 Å². The second-order valence-electron chi connectivity index (χ2n) is 10.1. The van der Waals surface area contributed by atoms with E-state index in [1.807, 2.05) is 19.9 Å². The predicted molar refractivity (Wildman–Crippen MR) is 141 cm³/mol. The molecule has 2 atom stereocenters. The second-order valence-corrected chi connectivity index (χ2v) is 10.1. The van der Waals surface area contributed by atoms with Crippen LogP contribution in [-0.4, -0.2) is 46.4 Å². The Bertz CT molecular complexity index is 1180. The first-order chi connectivity index (χ1) is 18.2. The van der Waals surface area contributed by atoms with Crippen molar-refractivity contribution in [3.8, 4) is 11.5 Å². The second kappa shape index (κ2) is 13.6. The highest BCUT2D eigenvalue weighted by Crippen LogP contribution is 2.48. The standard InChI is InChI=1S/C28H35NO10/c1-17(2)20-9-8-18(3)14-21(20)26-22(30)15-19(16-23(26)39-25(33)11-10-24(31)32)28(4,5)27(34)37-12-6-7-13-38-29(35)36/h10-11,14-16,20-21,30H,1,6-9,12-13H2,2-5H3,(H,31,32)/b11-10+. The van der Waals surface area contributed by atoms with Crippen LogP contribution in [0, 0.1) is 16.0 Å². The fourth-order valence-corrected chi connectivity index (χ4v) is 4.39. The lowest BCUT2D eigenvalue weighted by Gasteiger charge is -2.33. The van der Waals surface area contributed by atoms with Crippen LogP contribution in [0.4, 0.5) is 0 Å². The van der Waals surface area contributed by atoms with Crippen LogP contribution >= 0.6 is 0 Å². The van der Waals surface area contributed by atoms with E-state index >= 15 is 0 Å². The van der Waals surface area contributed by atoms with Gasteiger partial charge in [0.25, 0.3) is 5.09 Å². The van der Waals surface area contributed by atoms with Crippen LogP contribution in [0.1, 0.15) is 70.4 Å². The summed E-state index contributed by atoms with van der Waals surface area (Å²) in [6.45, 7) is 11.0. The van der Waals surface area contributed by atoms with Gasteiger partial charge in [0, 0.05) is 23.6 Å². The van der Waals surface area contributed by atoms with Crippen molar-refractivity contribution in [2.45, 2.75) is 64.7 Å². The molecule has 0 aromatic heterocycles. The molecule has 0 amide bonds. The number of carbonyl (C=O) groups is 3. The van der Waals surface area contributed by atoms with Gasteiger partial charge in [-0.1, -0.05) is 23.8 Å². The molecule has 1 aliphatic rings. The number of carboxylic acids is 1. The van der Waals surface area contributed by atoms with Crippen molar-refractivity contribution in [3.63, 3.8) is 0 Å². The van der Waals surface area contributed by atoms with Gasteiger partial charge >= 0.3 is 17.9 Å². The molecule has 2 unspecified atom stereocenters. The number of hydrogen-bond acceptors (Lipinski definition) is 9. The molecule has 2 N–H and O–H groups in total. The van der Waals surface area contributed by atoms with E-state index in [1.54, 1.807) is 13.8 Å². The molecule has 11 heteroatoms. The summed E-state index contributed by atoms with van der Waals surface area (Å²) in [6, 6.07) is 2.90. The van der Waals surface area contributed by atoms with E-state index in [2.05, 4.69) is 11.4 Å². The summed E-state index contributed by atoms with van der Waals surface area (Å²) >= 11 is 0. The van der Waals surface area contributed by atoms with Crippen molar-refractivity contribution >= 4 is 17.9 Å². The first-order valence-corrected chi connectivity index (χ1v) is 12.5. The van der Waals surface area contributed by atoms with Crippen LogP contribution < -0.4 is 4.74 Å². The molecule has 0 saturated heterocycles. The number of aromatic hydroxyl groups is 1. The smallest absolute Gasteiger partial charge is 0.336 e. The molecule has 2 rings (SSSR count). The summed E-state index contributed by atoms with van der Waals surface area (Å²) in [4.78, 5) is 50.7. The number of phenolic OH excluding ortho intramolecular Hbond substituents is 1. The molecule has 0 heterocycles. The minimum Gasteiger partial charge on any atom is -0.507 e. The van der Waals surface area contributed by atoms with E-state index in [1.165, 1.54) is 12.1 Å². The molecule has 212 valence electrons. The highest BCUT2D eigenvalue weighted by Gasteiger charge is 2.36. The van der Waals surface area contributed by atoms with E-state index in [4.69, 9.17) is 14.6 Å². The number of aliphatic carboxylic acids is 1. The van der Waals surface area contributed by atoms with Gasteiger partial charge in [0.2, 0.25) is 0 Å². The summed E-state index contributed by atoms with van der Waals surface area (Å²) in [5, 5.41) is 29.4. The maximum Gasteiger partial charge on any atom is 0.336 e. The number of allylic oxidation sites excluding steroid dienone is 3. The van der Waals surface area contributed by atoms with Crippen molar-refractivity contribution in [1.29, 1.82) is 0 Å². The van der Waals surface area contributed by atoms with Gasteiger partial charge < -0.3 is 24.5 Å². The van der Waals surface area contributed by atoms with Crippen LogP contribution in [0.15, 0.2) is 48.1 Å². The number of nitrogens with zero attached hydrogens (tertiary/aromatic N) is 1. The van der Waals surface area contributed by atoms with Crippen LogP contribution in [-0.2, 0) is 29.4 Å². The monoisotopic (exact) mass is 545 g/mol. The SMILES string of the molecule is C=C(C)C1CCC(C)=CC1c1c(O)cc(C(C)(C)C(=O)OCCCCO[N+](=O)[O-])cc1OC(=O)/C=C/C(=O)O. The lowest BCUT2D eigenvalue weighted by Crippen LogP contribution is -2.31. The predicted octanol–water partition coefficient (Wildman–Crippen LogP) is 4.76. The van der Waals surface area contributed by atoms with Gasteiger partial charge in [-0.15, -0.1) is 10.1 Å². The fourth-order valence-electron chi connectivity index (χ4n) is 4.39. The van der Waals surface area contributed by atoms with Crippen LogP contribution in [0.2, 0.25) is 0 Å². The van der Waals surface area contributed by atoms with Gasteiger partial charge in [0.05, 0.1) is 18.6 Å². The molecule has 0 fully saturated rings. The Balaban J connectivity index is 2.43. The number of benzene rings is 1. The third kappa shape index (κ3) is 8.69. The zero-order valence-electron chi connectivity index (χ0n) is 22.6. The van der Waals surface area contributed by atoms with Crippen molar-refractivity contribution < 1.29 is 44.0 Å². The number of unbranched alkanes of at least 4 members (excludes halogenated alkanes) is 1. The van der Waals surface area contributed by atoms with E-state index in [9.17, 15) is 29.6 Å². The Hall–Kier alpha value is -4.15. The number of esters is 2. The van der Waals surface area contributed by atoms with Gasteiger partial charge in [0.15, 0.2) is 0 Å². The number of carbonyl (C=O) groups excluding carboxylic acids is 2. The molecule has 0 bridgehead atoms. The summed E-state index contributed by atoms with van der Waals surface area (Å²) in [6.07, 6.45) is 5.67. The zero-order chi connectivity index (χ0) is 29.3. The minimum absolute atomic E-state index is 0.00165. The Kier molecular flexibility index (Phi) is 10.8. The van der Waals surface area contributed by atoms with Crippen molar-refractivity contribution in [2.75, 3.05) is 13.2 Å². The normalized spacial score (nSPS) is 17.3. The molecule has 1 aromatic carbocycles. The summed E-state index contributed by atoms with van der Waals surface area (Å²) in [5.41, 5.74) is 1.34. The molecule has 0 radical (unpaired) electrons.